The molecule has 0 heterocycles. The van der Waals surface area contributed by atoms with Crippen LogP contribution in [0.25, 0.3) is 0 Å². The Hall–Kier alpha value is -1.82. The largest absolute Gasteiger partial charge is 0.573 e. The van der Waals surface area contributed by atoms with Gasteiger partial charge in [0.05, 0.1) is 4.47 Å². The molecule has 0 amide bonds. The van der Waals surface area contributed by atoms with E-state index in [0.29, 0.717) is 4.47 Å². The van der Waals surface area contributed by atoms with Crippen molar-refractivity contribution in [3.8, 4) is 23.0 Å². The third-order valence-electron chi connectivity index (χ3n) is 2.31. The summed E-state index contributed by atoms with van der Waals surface area (Å²) in [6, 6.07) is 7.30. The van der Waals surface area contributed by atoms with Gasteiger partial charge >= 0.3 is 12.7 Å². The van der Waals surface area contributed by atoms with Gasteiger partial charge in [-0.25, -0.2) is 0 Å². The average Bonchev–Trinajstić information content (AvgIpc) is 2.44. The van der Waals surface area contributed by atoms with Crippen molar-refractivity contribution in [1.82, 2.24) is 0 Å². The maximum Gasteiger partial charge on any atom is 0.573 e. The molecule has 0 unspecified atom stereocenters. The Morgan fingerprint density at radius 1 is 0.769 bits per heavy atom. The van der Waals surface area contributed by atoms with Crippen LogP contribution in [-0.4, -0.2) is 22.9 Å². The molecule has 0 spiro atoms. The Morgan fingerprint density at radius 2 is 1.27 bits per heavy atom. The Kier molecular flexibility index (Phi) is 7.45. The van der Waals surface area contributed by atoms with Crippen molar-refractivity contribution < 1.29 is 46.0 Å². The van der Waals surface area contributed by atoms with E-state index in [1.807, 2.05) is 0 Å². The van der Waals surface area contributed by atoms with Crippen LogP contribution in [0.1, 0.15) is 0 Å². The molecule has 0 saturated carbocycles. The molecule has 0 fully saturated rings. The van der Waals surface area contributed by atoms with E-state index in [-0.39, 0.29) is 4.47 Å². The van der Waals surface area contributed by atoms with Crippen LogP contribution in [0.5, 0.6) is 23.0 Å². The second-order valence-electron chi connectivity index (χ2n) is 4.30. The zero-order chi connectivity index (χ0) is 20.1. The van der Waals surface area contributed by atoms with E-state index in [0.717, 1.165) is 18.2 Å². The topological polar surface area (TPSA) is 58.9 Å². The summed E-state index contributed by atoms with van der Waals surface area (Å²) in [7, 11) is 0. The van der Waals surface area contributed by atoms with E-state index in [1.165, 1.54) is 18.2 Å². The molecule has 0 radical (unpaired) electrons. The van der Waals surface area contributed by atoms with Crippen LogP contribution >= 0.6 is 31.9 Å². The molecule has 0 saturated heterocycles. The van der Waals surface area contributed by atoms with Crippen LogP contribution in [-0.2, 0) is 0 Å². The summed E-state index contributed by atoms with van der Waals surface area (Å²) >= 11 is 5.84. The summed E-state index contributed by atoms with van der Waals surface area (Å²) in [5, 5.41) is 18.0. The van der Waals surface area contributed by atoms with Gasteiger partial charge in [-0.2, -0.15) is 0 Å². The van der Waals surface area contributed by atoms with Crippen LogP contribution in [0.3, 0.4) is 0 Å². The predicted octanol–water partition coefficient (Wildman–Crippen LogP) is 6.11. The predicted molar refractivity (Wildman–Crippen MR) is 85.0 cm³/mol. The van der Waals surface area contributed by atoms with Gasteiger partial charge in [0, 0.05) is 4.47 Å². The Balaban J connectivity index is 0.000000263. The first-order valence-corrected chi connectivity index (χ1v) is 7.84. The van der Waals surface area contributed by atoms with Crippen molar-refractivity contribution in [1.29, 1.82) is 0 Å². The van der Waals surface area contributed by atoms with E-state index < -0.39 is 35.7 Å². The lowest BCUT2D eigenvalue weighted by Crippen LogP contribution is -2.17. The van der Waals surface area contributed by atoms with Gasteiger partial charge in [-0.3, -0.25) is 0 Å². The van der Waals surface area contributed by atoms with Crippen LogP contribution in [0.15, 0.2) is 45.3 Å². The number of alkyl halides is 6. The van der Waals surface area contributed by atoms with E-state index >= 15 is 0 Å². The van der Waals surface area contributed by atoms with Gasteiger partial charge in [-0.15, -0.1) is 26.3 Å². The average molecular weight is 514 g/mol. The van der Waals surface area contributed by atoms with Gasteiger partial charge in [0.25, 0.3) is 0 Å². The molecule has 0 atom stereocenters. The molecule has 144 valence electrons. The number of phenolic OH excluding ortho intramolecular Hbond substituents is 2. The molecule has 0 aliphatic heterocycles. The Morgan fingerprint density at radius 3 is 1.77 bits per heavy atom. The molecule has 2 aromatic rings. The molecule has 2 rings (SSSR count). The van der Waals surface area contributed by atoms with Gasteiger partial charge < -0.3 is 19.7 Å². The van der Waals surface area contributed by atoms with Gasteiger partial charge in [-0.1, -0.05) is 28.1 Å². The van der Waals surface area contributed by atoms with Crippen molar-refractivity contribution >= 4 is 31.9 Å². The third-order valence-corrected chi connectivity index (χ3v) is 3.37. The lowest BCUT2D eigenvalue weighted by Gasteiger charge is -2.11. The molecular formula is C14H8Br2F6O4. The molecule has 4 nitrogen and oxygen atoms in total. The highest BCUT2D eigenvalue weighted by atomic mass is 79.9. The lowest BCUT2D eigenvalue weighted by molar-refractivity contribution is -0.276. The lowest BCUT2D eigenvalue weighted by atomic mass is 10.3. The van der Waals surface area contributed by atoms with E-state index in [4.69, 9.17) is 5.11 Å². The molecule has 26 heavy (non-hydrogen) atoms. The molecule has 2 N–H and O–H groups in total. The maximum absolute atomic E-state index is 11.8. The zero-order valence-corrected chi connectivity index (χ0v) is 15.4. The summed E-state index contributed by atoms with van der Waals surface area (Å²) < 4.78 is 77.8. The van der Waals surface area contributed by atoms with Crippen LogP contribution in [0.4, 0.5) is 26.3 Å². The molecule has 0 aliphatic carbocycles. The summed E-state index contributed by atoms with van der Waals surface area (Å²) in [4.78, 5) is 0. The number of benzene rings is 2. The SMILES string of the molecule is Oc1c(Br)cc(Br)cc1OC(F)(F)F.Oc1ccccc1OC(F)(F)F. The number of halogens is 8. The molecule has 12 heteroatoms. The highest BCUT2D eigenvalue weighted by molar-refractivity contribution is 9.11. The summed E-state index contributed by atoms with van der Waals surface area (Å²) in [6.45, 7) is 0. The number of phenols is 2. The number of para-hydroxylation sites is 2. The van der Waals surface area contributed by atoms with Crippen LogP contribution in [0.2, 0.25) is 0 Å². The number of rotatable bonds is 2. The van der Waals surface area contributed by atoms with E-state index in [2.05, 4.69) is 41.3 Å². The zero-order valence-electron chi connectivity index (χ0n) is 12.2. The smallest absolute Gasteiger partial charge is 0.504 e. The third kappa shape index (κ3) is 8.04. The second-order valence-corrected chi connectivity index (χ2v) is 6.07. The van der Waals surface area contributed by atoms with Gasteiger partial charge in [0.1, 0.15) is 0 Å². The molecule has 0 aromatic heterocycles. The van der Waals surface area contributed by atoms with Crippen LogP contribution in [0, 0.1) is 0 Å². The minimum atomic E-state index is -4.82. The summed E-state index contributed by atoms with van der Waals surface area (Å²) in [5.74, 6) is -2.37. The summed E-state index contributed by atoms with van der Waals surface area (Å²) in [6.07, 6.45) is -9.59. The number of aromatic hydroxyl groups is 2. The Labute approximate surface area is 159 Å². The number of ether oxygens (including phenoxy) is 2. The first kappa shape index (κ1) is 22.2. The Bertz CT molecular complexity index is 749. The van der Waals surface area contributed by atoms with E-state index in [9.17, 15) is 31.4 Å². The molecular weight excluding hydrogens is 506 g/mol. The molecule has 0 aliphatic rings. The minimum Gasteiger partial charge on any atom is -0.504 e. The van der Waals surface area contributed by atoms with Crippen LogP contribution < -0.4 is 9.47 Å². The first-order valence-electron chi connectivity index (χ1n) is 6.26. The highest BCUT2D eigenvalue weighted by Gasteiger charge is 2.33. The van der Waals surface area contributed by atoms with Crippen molar-refractivity contribution in [3.05, 3.63) is 45.3 Å². The van der Waals surface area contributed by atoms with Gasteiger partial charge in [0.15, 0.2) is 23.0 Å². The monoisotopic (exact) mass is 512 g/mol. The molecule has 2 aromatic carbocycles. The standard InChI is InChI=1S/C7H3Br2F3O2.C7H5F3O2/c8-3-1-4(9)6(13)5(2-3)14-7(10,11)12;8-7(9,10)12-6-4-2-1-3-5(6)11/h1-2,13H;1-4,11H. The van der Waals surface area contributed by atoms with E-state index in [1.54, 1.807) is 0 Å². The minimum absolute atomic E-state index is 0.117. The maximum atomic E-state index is 11.8. The van der Waals surface area contributed by atoms with Gasteiger partial charge in [0.2, 0.25) is 0 Å². The fraction of sp³-hybridized carbons (Fsp3) is 0.143. The number of hydrogen-bond acceptors (Lipinski definition) is 4. The fourth-order valence-electron chi connectivity index (χ4n) is 1.41. The summed E-state index contributed by atoms with van der Waals surface area (Å²) in [5.41, 5.74) is 0. The van der Waals surface area contributed by atoms with Crippen molar-refractivity contribution in [2.45, 2.75) is 12.7 Å². The van der Waals surface area contributed by atoms with Gasteiger partial charge in [-0.05, 0) is 40.2 Å². The molecule has 0 bridgehead atoms. The number of hydrogen-bond donors (Lipinski definition) is 2. The fourth-order valence-corrected chi connectivity index (χ4v) is 2.60. The second kappa shape index (κ2) is 8.71. The normalized spacial score (nSPS) is 11.4. The highest BCUT2D eigenvalue weighted by Crippen LogP contribution is 2.39. The van der Waals surface area contributed by atoms with Crippen molar-refractivity contribution in [2.75, 3.05) is 0 Å². The quantitative estimate of drug-likeness (QED) is 0.476. The first-order chi connectivity index (χ1) is 11.8. The van der Waals surface area contributed by atoms with Crippen molar-refractivity contribution in [3.63, 3.8) is 0 Å². The van der Waals surface area contributed by atoms with Crippen molar-refractivity contribution in [2.24, 2.45) is 0 Å².